The zero-order valence-electron chi connectivity index (χ0n) is 10.6. The Morgan fingerprint density at radius 2 is 1.40 bits per heavy atom. The van der Waals surface area contributed by atoms with Gasteiger partial charge in [0.2, 0.25) is 0 Å². The Bertz CT molecular complexity index is 641. The summed E-state index contributed by atoms with van der Waals surface area (Å²) in [7, 11) is 0. The van der Waals surface area contributed by atoms with Crippen LogP contribution in [0, 0.1) is 18.6 Å². The van der Waals surface area contributed by atoms with E-state index in [1.54, 1.807) is 6.21 Å². The number of benzene rings is 2. The van der Waals surface area contributed by atoms with Crippen LogP contribution in [0.3, 0.4) is 0 Å². The molecule has 0 amide bonds. The second-order valence-electron chi connectivity index (χ2n) is 4.20. The normalized spacial score (nSPS) is 11.6. The van der Waals surface area contributed by atoms with E-state index in [1.165, 1.54) is 6.21 Å². The van der Waals surface area contributed by atoms with E-state index in [9.17, 15) is 8.78 Å². The van der Waals surface area contributed by atoms with Gasteiger partial charge in [0.15, 0.2) is 0 Å². The third kappa shape index (κ3) is 3.71. The second-order valence-corrected chi connectivity index (χ2v) is 4.58. The minimum Gasteiger partial charge on any atom is -0.205 e. The van der Waals surface area contributed by atoms with E-state index in [0.29, 0.717) is 0 Å². The van der Waals surface area contributed by atoms with E-state index in [1.807, 2.05) is 31.2 Å². The van der Waals surface area contributed by atoms with Gasteiger partial charge in [0, 0.05) is 5.56 Å². The fourth-order valence-corrected chi connectivity index (χ4v) is 1.61. The highest BCUT2D eigenvalue weighted by Crippen LogP contribution is 2.19. The maximum atomic E-state index is 13.2. The number of hydrogen-bond donors (Lipinski definition) is 0. The first-order valence-corrected chi connectivity index (χ1v) is 6.21. The van der Waals surface area contributed by atoms with Gasteiger partial charge in [-0.2, -0.15) is 10.2 Å². The fraction of sp³-hybridized carbons (Fsp3) is 0.0667. The lowest BCUT2D eigenvalue weighted by Crippen LogP contribution is -1.89. The van der Waals surface area contributed by atoms with E-state index in [4.69, 9.17) is 11.6 Å². The molecule has 2 nitrogen and oxygen atoms in total. The highest BCUT2D eigenvalue weighted by molar-refractivity contribution is 6.30. The Morgan fingerprint density at radius 3 is 1.95 bits per heavy atom. The SMILES string of the molecule is Cc1ccc(/C=N/N=C/c2cc(F)c(Cl)c(F)c2)cc1. The fourth-order valence-electron chi connectivity index (χ4n) is 1.50. The van der Waals surface area contributed by atoms with Gasteiger partial charge in [-0.3, -0.25) is 0 Å². The lowest BCUT2D eigenvalue weighted by atomic mass is 10.2. The molecule has 0 aliphatic rings. The molecule has 102 valence electrons. The summed E-state index contributed by atoms with van der Waals surface area (Å²) in [6.07, 6.45) is 2.81. The molecule has 0 unspecified atom stereocenters. The number of halogens is 3. The number of nitrogens with zero attached hydrogens (tertiary/aromatic N) is 2. The van der Waals surface area contributed by atoms with Crippen LogP contribution in [-0.4, -0.2) is 12.4 Å². The number of rotatable bonds is 3. The molecule has 0 radical (unpaired) electrons. The zero-order valence-corrected chi connectivity index (χ0v) is 11.4. The Labute approximate surface area is 120 Å². The average molecular weight is 293 g/mol. The van der Waals surface area contributed by atoms with Gasteiger partial charge in [-0.25, -0.2) is 8.78 Å². The van der Waals surface area contributed by atoms with Crippen molar-refractivity contribution in [3.63, 3.8) is 0 Å². The van der Waals surface area contributed by atoms with Crippen molar-refractivity contribution >= 4 is 24.0 Å². The summed E-state index contributed by atoms with van der Waals surface area (Å²) in [5.74, 6) is -1.65. The molecule has 0 bridgehead atoms. The molecular weight excluding hydrogens is 282 g/mol. The van der Waals surface area contributed by atoms with Crippen LogP contribution < -0.4 is 0 Å². The van der Waals surface area contributed by atoms with Crippen LogP contribution in [-0.2, 0) is 0 Å². The Kier molecular flexibility index (Phi) is 4.58. The molecule has 2 aromatic carbocycles. The molecule has 5 heteroatoms. The second kappa shape index (κ2) is 6.39. The summed E-state index contributed by atoms with van der Waals surface area (Å²) < 4.78 is 26.4. The van der Waals surface area contributed by atoms with Crippen molar-refractivity contribution in [3.8, 4) is 0 Å². The van der Waals surface area contributed by atoms with Crippen LogP contribution in [0.4, 0.5) is 8.78 Å². The van der Waals surface area contributed by atoms with Crippen molar-refractivity contribution in [3.05, 3.63) is 69.7 Å². The van der Waals surface area contributed by atoms with Crippen LogP contribution in [0.5, 0.6) is 0 Å². The topological polar surface area (TPSA) is 24.7 Å². The lowest BCUT2D eigenvalue weighted by molar-refractivity contribution is 0.584. The molecule has 0 aromatic heterocycles. The van der Waals surface area contributed by atoms with E-state index >= 15 is 0 Å². The van der Waals surface area contributed by atoms with Gasteiger partial charge in [-0.05, 0) is 24.6 Å². The first-order chi connectivity index (χ1) is 9.56. The Hall–Kier alpha value is -2.07. The summed E-state index contributed by atoms with van der Waals surface area (Å²) in [6.45, 7) is 1.99. The van der Waals surface area contributed by atoms with E-state index in [-0.39, 0.29) is 5.56 Å². The van der Waals surface area contributed by atoms with E-state index in [2.05, 4.69) is 10.2 Å². The molecule has 0 atom stereocenters. The maximum Gasteiger partial charge on any atom is 0.145 e. The van der Waals surface area contributed by atoms with Crippen molar-refractivity contribution < 1.29 is 8.78 Å². The van der Waals surface area contributed by atoms with Crippen LogP contribution in [0.2, 0.25) is 5.02 Å². The first kappa shape index (κ1) is 14.3. The quantitative estimate of drug-likeness (QED) is 0.456. The molecule has 20 heavy (non-hydrogen) atoms. The molecule has 0 fully saturated rings. The molecule has 0 N–H and O–H groups in total. The highest BCUT2D eigenvalue weighted by Gasteiger charge is 2.07. The summed E-state index contributed by atoms with van der Waals surface area (Å²) in [5, 5.41) is 7.03. The van der Waals surface area contributed by atoms with Gasteiger partial charge >= 0.3 is 0 Å². The third-order valence-corrected chi connectivity index (χ3v) is 2.92. The zero-order chi connectivity index (χ0) is 14.5. The van der Waals surface area contributed by atoms with Crippen LogP contribution in [0.15, 0.2) is 46.6 Å². The molecule has 0 spiro atoms. The standard InChI is InChI=1S/C15H11ClF2N2/c1-10-2-4-11(5-3-10)8-19-20-9-12-6-13(17)15(16)14(18)7-12/h2-9H,1H3/b19-8+,20-9+. The van der Waals surface area contributed by atoms with E-state index in [0.717, 1.165) is 23.3 Å². The van der Waals surface area contributed by atoms with Crippen molar-refractivity contribution in [2.24, 2.45) is 10.2 Å². The maximum absolute atomic E-state index is 13.2. The van der Waals surface area contributed by atoms with Crippen molar-refractivity contribution in [2.45, 2.75) is 6.92 Å². The molecule has 0 heterocycles. The predicted octanol–water partition coefficient (Wildman–Crippen LogP) is 4.38. The minimum atomic E-state index is -0.823. The van der Waals surface area contributed by atoms with Crippen molar-refractivity contribution in [1.29, 1.82) is 0 Å². The molecule has 0 aliphatic heterocycles. The highest BCUT2D eigenvalue weighted by atomic mass is 35.5. The Balaban J connectivity index is 2.08. The van der Waals surface area contributed by atoms with Crippen molar-refractivity contribution in [1.82, 2.24) is 0 Å². The molecule has 0 saturated carbocycles. The van der Waals surface area contributed by atoms with Gasteiger partial charge < -0.3 is 0 Å². The van der Waals surface area contributed by atoms with Crippen LogP contribution in [0.1, 0.15) is 16.7 Å². The molecule has 0 saturated heterocycles. The van der Waals surface area contributed by atoms with Gasteiger partial charge in [0.25, 0.3) is 0 Å². The monoisotopic (exact) mass is 292 g/mol. The van der Waals surface area contributed by atoms with Crippen molar-refractivity contribution in [2.75, 3.05) is 0 Å². The van der Waals surface area contributed by atoms with Gasteiger partial charge in [0.05, 0.1) is 12.4 Å². The summed E-state index contributed by atoms with van der Waals surface area (Å²) in [4.78, 5) is 0. The molecule has 2 aromatic rings. The minimum absolute atomic E-state index is 0.255. The molecule has 2 rings (SSSR count). The van der Waals surface area contributed by atoms with Crippen LogP contribution >= 0.6 is 11.6 Å². The third-order valence-electron chi connectivity index (χ3n) is 2.56. The number of hydrogen-bond acceptors (Lipinski definition) is 2. The summed E-state index contributed by atoms with van der Waals surface area (Å²) >= 11 is 5.38. The Morgan fingerprint density at radius 1 is 0.900 bits per heavy atom. The number of aryl methyl sites for hydroxylation is 1. The van der Waals surface area contributed by atoms with Gasteiger partial charge in [-0.1, -0.05) is 41.4 Å². The lowest BCUT2D eigenvalue weighted by Gasteiger charge is -1.97. The van der Waals surface area contributed by atoms with Crippen LogP contribution in [0.25, 0.3) is 0 Å². The van der Waals surface area contributed by atoms with Gasteiger partial charge in [-0.15, -0.1) is 0 Å². The van der Waals surface area contributed by atoms with E-state index < -0.39 is 16.7 Å². The smallest absolute Gasteiger partial charge is 0.145 e. The summed E-state index contributed by atoms with van der Waals surface area (Å²) in [6, 6.07) is 9.89. The largest absolute Gasteiger partial charge is 0.205 e. The van der Waals surface area contributed by atoms with Gasteiger partial charge in [0.1, 0.15) is 16.7 Å². The molecule has 0 aliphatic carbocycles. The first-order valence-electron chi connectivity index (χ1n) is 5.84. The summed E-state index contributed by atoms with van der Waals surface area (Å²) in [5.41, 5.74) is 2.30. The molecular formula is C15H11ClF2N2. The average Bonchev–Trinajstić information content (AvgIpc) is 2.43. The predicted molar refractivity (Wildman–Crippen MR) is 77.7 cm³/mol.